The molecule has 19 heavy (non-hydrogen) atoms. The first-order chi connectivity index (χ1) is 8.81. The van der Waals surface area contributed by atoms with Crippen LogP contribution in [0.5, 0.6) is 0 Å². The second-order valence-corrected chi connectivity index (χ2v) is 7.03. The van der Waals surface area contributed by atoms with Crippen LogP contribution >= 0.6 is 11.8 Å². The first kappa shape index (κ1) is 16.5. The minimum absolute atomic E-state index is 0.269. The van der Waals surface area contributed by atoms with Gasteiger partial charge in [-0.1, -0.05) is 39.8 Å². The van der Waals surface area contributed by atoms with Gasteiger partial charge in [-0.25, -0.2) is 0 Å². The zero-order valence-electron chi connectivity index (χ0n) is 12.7. The van der Waals surface area contributed by atoms with Crippen LogP contribution in [-0.2, 0) is 6.54 Å². The van der Waals surface area contributed by atoms with E-state index in [0.29, 0.717) is 6.04 Å². The van der Waals surface area contributed by atoms with Crippen LogP contribution in [0.4, 0.5) is 0 Å². The van der Waals surface area contributed by atoms with Gasteiger partial charge in [0, 0.05) is 23.2 Å². The summed E-state index contributed by atoms with van der Waals surface area (Å²) in [5.74, 6) is 0.997. The summed E-state index contributed by atoms with van der Waals surface area (Å²) in [4.78, 5) is 1.23. The van der Waals surface area contributed by atoms with Crippen molar-refractivity contribution in [3.63, 3.8) is 0 Å². The van der Waals surface area contributed by atoms with Gasteiger partial charge in [0.05, 0.1) is 5.60 Å². The summed E-state index contributed by atoms with van der Waals surface area (Å²) in [5, 5.41) is 13.7. The molecule has 0 radical (unpaired) electrons. The topological polar surface area (TPSA) is 32.3 Å². The SMILES string of the molecule is CC(C)NCc1cccc(SCC(C)(O)C(C)C)c1. The third kappa shape index (κ3) is 5.98. The second-order valence-electron chi connectivity index (χ2n) is 5.98. The molecule has 0 fully saturated rings. The number of benzene rings is 1. The Kier molecular flexibility index (Phi) is 6.37. The lowest BCUT2D eigenvalue weighted by Crippen LogP contribution is -2.33. The summed E-state index contributed by atoms with van der Waals surface area (Å²) in [6.07, 6.45) is 0. The smallest absolute Gasteiger partial charge is 0.0736 e. The predicted molar refractivity (Wildman–Crippen MR) is 84.6 cm³/mol. The minimum atomic E-state index is -0.614. The Morgan fingerprint density at radius 2 is 1.95 bits per heavy atom. The largest absolute Gasteiger partial charge is 0.389 e. The molecule has 0 spiro atoms. The highest BCUT2D eigenvalue weighted by atomic mass is 32.2. The van der Waals surface area contributed by atoms with Gasteiger partial charge in [0.2, 0.25) is 0 Å². The monoisotopic (exact) mass is 281 g/mol. The van der Waals surface area contributed by atoms with Crippen LogP contribution in [0.2, 0.25) is 0 Å². The van der Waals surface area contributed by atoms with Gasteiger partial charge in [-0.3, -0.25) is 0 Å². The summed E-state index contributed by atoms with van der Waals surface area (Å²) >= 11 is 1.73. The van der Waals surface area contributed by atoms with Crippen LogP contribution in [0.25, 0.3) is 0 Å². The van der Waals surface area contributed by atoms with Gasteiger partial charge in [0.1, 0.15) is 0 Å². The van der Waals surface area contributed by atoms with Gasteiger partial charge >= 0.3 is 0 Å². The molecule has 1 atom stereocenters. The highest BCUT2D eigenvalue weighted by molar-refractivity contribution is 7.99. The lowest BCUT2D eigenvalue weighted by atomic mass is 9.95. The molecule has 0 saturated carbocycles. The lowest BCUT2D eigenvalue weighted by Gasteiger charge is -2.27. The first-order valence-electron chi connectivity index (χ1n) is 6.99. The lowest BCUT2D eigenvalue weighted by molar-refractivity contribution is 0.0376. The zero-order valence-corrected chi connectivity index (χ0v) is 13.6. The molecule has 0 aliphatic heterocycles. The molecule has 1 aromatic rings. The van der Waals surface area contributed by atoms with Gasteiger partial charge in [-0.2, -0.15) is 0 Å². The van der Waals surface area contributed by atoms with E-state index in [1.54, 1.807) is 11.8 Å². The highest BCUT2D eigenvalue weighted by Gasteiger charge is 2.24. The number of nitrogens with one attached hydrogen (secondary N) is 1. The molecular formula is C16H27NOS. The molecule has 0 aliphatic carbocycles. The van der Waals surface area contributed by atoms with Gasteiger partial charge in [-0.15, -0.1) is 11.8 Å². The van der Waals surface area contributed by atoms with Crippen molar-refractivity contribution in [2.45, 2.75) is 57.7 Å². The van der Waals surface area contributed by atoms with E-state index in [0.717, 1.165) is 12.3 Å². The number of aliphatic hydroxyl groups is 1. The molecule has 0 bridgehead atoms. The summed E-state index contributed by atoms with van der Waals surface area (Å²) in [6.45, 7) is 11.2. The van der Waals surface area contributed by atoms with Gasteiger partial charge in [0.15, 0.2) is 0 Å². The molecule has 0 saturated heterocycles. The van der Waals surface area contributed by atoms with E-state index in [2.05, 4.69) is 57.3 Å². The first-order valence-corrected chi connectivity index (χ1v) is 7.97. The number of rotatable bonds is 7. The fourth-order valence-corrected chi connectivity index (χ4v) is 2.67. The molecule has 0 heterocycles. The maximum Gasteiger partial charge on any atom is 0.0736 e. The molecule has 2 N–H and O–H groups in total. The molecular weight excluding hydrogens is 254 g/mol. The van der Waals surface area contributed by atoms with Gasteiger partial charge < -0.3 is 10.4 Å². The fourth-order valence-electron chi connectivity index (χ4n) is 1.46. The van der Waals surface area contributed by atoms with Crippen LogP contribution in [0.15, 0.2) is 29.2 Å². The summed E-state index contributed by atoms with van der Waals surface area (Å²) in [5.41, 5.74) is 0.680. The van der Waals surface area contributed by atoms with E-state index < -0.39 is 5.60 Å². The number of hydrogen-bond acceptors (Lipinski definition) is 3. The third-order valence-corrected chi connectivity index (χ3v) is 4.70. The van der Waals surface area contributed by atoms with Crippen molar-refractivity contribution in [2.75, 3.05) is 5.75 Å². The van der Waals surface area contributed by atoms with Crippen LogP contribution in [0, 0.1) is 5.92 Å². The summed E-state index contributed by atoms with van der Waals surface area (Å²) in [6, 6.07) is 9.04. The molecule has 1 aromatic carbocycles. The average molecular weight is 281 g/mol. The van der Waals surface area contributed by atoms with E-state index in [9.17, 15) is 5.11 Å². The Morgan fingerprint density at radius 3 is 2.53 bits per heavy atom. The van der Waals surface area contributed by atoms with Crippen molar-refractivity contribution in [1.29, 1.82) is 0 Å². The molecule has 1 rings (SSSR count). The van der Waals surface area contributed by atoms with Crippen molar-refractivity contribution in [2.24, 2.45) is 5.92 Å². The predicted octanol–water partition coefficient (Wildman–Crippen LogP) is 3.68. The molecule has 0 amide bonds. The maximum atomic E-state index is 10.3. The molecule has 2 nitrogen and oxygen atoms in total. The van der Waals surface area contributed by atoms with E-state index in [1.165, 1.54) is 10.5 Å². The van der Waals surface area contributed by atoms with E-state index in [4.69, 9.17) is 0 Å². The highest BCUT2D eigenvalue weighted by Crippen LogP contribution is 2.27. The van der Waals surface area contributed by atoms with Crippen molar-refractivity contribution in [3.8, 4) is 0 Å². The Bertz CT molecular complexity index is 388. The molecule has 108 valence electrons. The average Bonchev–Trinajstić information content (AvgIpc) is 2.34. The second kappa shape index (κ2) is 7.32. The normalized spacial score (nSPS) is 14.9. The Labute approximate surface area is 122 Å². The van der Waals surface area contributed by atoms with E-state index in [-0.39, 0.29) is 5.92 Å². The number of thioether (sulfide) groups is 1. The van der Waals surface area contributed by atoms with Crippen molar-refractivity contribution < 1.29 is 5.11 Å². The summed E-state index contributed by atoms with van der Waals surface area (Å²) in [7, 11) is 0. The van der Waals surface area contributed by atoms with Crippen LogP contribution in [0.1, 0.15) is 40.2 Å². The number of hydrogen-bond donors (Lipinski definition) is 2. The van der Waals surface area contributed by atoms with Crippen LogP contribution in [0.3, 0.4) is 0 Å². The van der Waals surface area contributed by atoms with Crippen LogP contribution < -0.4 is 5.32 Å². The van der Waals surface area contributed by atoms with Gasteiger partial charge in [0.25, 0.3) is 0 Å². The fraction of sp³-hybridized carbons (Fsp3) is 0.625. The van der Waals surface area contributed by atoms with Gasteiger partial charge in [-0.05, 0) is 30.5 Å². The molecule has 3 heteroatoms. The zero-order chi connectivity index (χ0) is 14.5. The summed E-state index contributed by atoms with van der Waals surface area (Å²) < 4.78 is 0. The standard InChI is InChI=1S/C16H27NOS/c1-12(2)16(5,18)11-19-15-8-6-7-14(9-15)10-17-13(3)4/h6-9,12-13,17-18H,10-11H2,1-5H3. The van der Waals surface area contributed by atoms with Crippen molar-refractivity contribution in [3.05, 3.63) is 29.8 Å². The van der Waals surface area contributed by atoms with E-state index in [1.807, 2.05) is 6.92 Å². The minimum Gasteiger partial charge on any atom is -0.389 e. The quantitative estimate of drug-likeness (QED) is 0.748. The van der Waals surface area contributed by atoms with Crippen molar-refractivity contribution >= 4 is 11.8 Å². The van der Waals surface area contributed by atoms with Crippen molar-refractivity contribution in [1.82, 2.24) is 5.32 Å². The maximum absolute atomic E-state index is 10.3. The Hall–Kier alpha value is -0.510. The van der Waals surface area contributed by atoms with Crippen LogP contribution in [-0.4, -0.2) is 22.5 Å². The molecule has 0 aromatic heterocycles. The molecule has 1 unspecified atom stereocenters. The third-order valence-electron chi connectivity index (χ3n) is 3.39. The van der Waals surface area contributed by atoms with E-state index >= 15 is 0 Å². The Balaban J connectivity index is 2.57. The molecule has 0 aliphatic rings. The Morgan fingerprint density at radius 1 is 1.26 bits per heavy atom.